The third kappa shape index (κ3) is 2.06. The first-order valence-electron chi connectivity index (χ1n) is 8.87. The molecule has 6 nitrogen and oxygen atoms in total. The molecule has 0 aliphatic carbocycles. The second-order valence-electron chi connectivity index (χ2n) is 8.23. The normalized spacial score (nSPS) is 40.1. The number of carbonyl (C=O) groups excluding carboxylic acids is 1. The van der Waals surface area contributed by atoms with Crippen molar-refractivity contribution in [1.29, 1.82) is 0 Å². The van der Waals surface area contributed by atoms with Crippen LogP contribution in [0.2, 0.25) is 0 Å². The third-order valence-corrected chi connectivity index (χ3v) is 6.38. The highest BCUT2D eigenvalue weighted by atomic mass is 16.6. The highest BCUT2D eigenvalue weighted by molar-refractivity contribution is 5.91. The number of non-ortho nitro benzene ring substituents is 1. The maximum Gasteiger partial charge on any atom is 0.269 e. The van der Waals surface area contributed by atoms with Gasteiger partial charge in [0.1, 0.15) is 23.9 Å². The Hall–Kier alpha value is -1.79. The first-order valence-corrected chi connectivity index (χ1v) is 8.87. The van der Waals surface area contributed by atoms with Crippen molar-refractivity contribution in [2.75, 3.05) is 26.2 Å². The first kappa shape index (κ1) is 15.7. The Bertz CT molecular complexity index is 684. The van der Waals surface area contributed by atoms with E-state index in [0.29, 0.717) is 11.9 Å². The standard InChI is InChI=1S/C18H23N3O3/c1-3-8-18-11-19-9-17(2,16(18)22)10-20(12-18)15(19)13-4-6-14(7-5-13)21(23)24/h4-7,15H,3,8-12H2,1-2H3/p+2. The van der Waals surface area contributed by atoms with E-state index >= 15 is 0 Å². The molecular formula is C18H25N3O3+2. The molecule has 4 fully saturated rings. The van der Waals surface area contributed by atoms with Crippen LogP contribution in [0.4, 0.5) is 5.69 Å². The van der Waals surface area contributed by atoms with E-state index in [9.17, 15) is 14.9 Å². The van der Waals surface area contributed by atoms with E-state index in [1.54, 1.807) is 12.1 Å². The fourth-order valence-electron chi connectivity index (χ4n) is 5.81. The van der Waals surface area contributed by atoms with Crippen molar-refractivity contribution in [3.63, 3.8) is 0 Å². The molecule has 4 aliphatic rings. The fourth-order valence-corrected chi connectivity index (χ4v) is 5.81. The van der Waals surface area contributed by atoms with Gasteiger partial charge >= 0.3 is 0 Å². The van der Waals surface area contributed by atoms with Gasteiger partial charge in [-0.3, -0.25) is 24.7 Å². The average Bonchev–Trinajstić information content (AvgIpc) is 2.52. The minimum atomic E-state index is -0.350. The maximum atomic E-state index is 13.1. The molecular weight excluding hydrogens is 306 g/mol. The van der Waals surface area contributed by atoms with Gasteiger partial charge in [-0.25, -0.2) is 0 Å². The molecule has 0 aromatic heterocycles. The lowest BCUT2D eigenvalue weighted by molar-refractivity contribution is -1.18. The Morgan fingerprint density at radius 2 is 1.75 bits per heavy atom. The molecule has 0 radical (unpaired) electrons. The maximum absolute atomic E-state index is 13.1. The third-order valence-electron chi connectivity index (χ3n) is 6.38. The van der Waals surface area contributed by atoms with Gasteiger partial charge < -0.3 is 0 Å². The van der Waals surface area contributed by atoms with Crippen LogP contribution < -0.4 is 9.80 Å². The number of nitro groups is 1. The van der Waals surface area contributed by atoms with E-state index in [-0.39, 0.29) is 21.4 Å². The first-order chi connectivity index (χ1) is 11.4. The Morgan fingerprint density at radius 1 is 1.17 bits per heavy atom. The van der Waals surface area contributed by atoms with Gasteiger partial charge in [0.2, 0.25) is 6.17 Å². The molecule has 0 amide bonds. The number of rotatable bonds is 4. The lowest BCUT2D eigenvalue weighted by Crippen LogP contribution is -3.41. The molecule has 4 aliphatic heterocycles. The minimum absolute atomic E-state index is 0.141. The van der Waals surface area contributed by atoms with Gasteiger partial charge in [0.15, 0.2) is 5.78 Å². The van der Waals surface area contributed by atoms with Gasteiger partial charge in [-0.1, -0.05) is 13.3 Å². The topological polar surface area (TPSA) is 69.1 Å². The Labute approximate surface area is 141 Å². The molecule has 24 heavy (non-hydrogen) atoms. The summed E-state index contributed by atoms with van der Waals surface area (Å²) in [4.78, 5) is 26.6. The molecule has 128 valence electrons. The van der Waals surface area contributed by atoms with Gasteiger partial charge in [-0.15, -0.1) is 0 Å². The van der Waals surface area contributed by atoms with Crippen LogP contribution in [0.15, 0.2) is 24.3 Å². The number of quaternary nitrogens is 2. The number of hydrogen-bond donors (Lipinski definition) is 2. The average molecular weight is 331 g/mol. The zero-order valence-corrected chi connectivity index (χ0v) is 14.3. The molecule has 0 saturated carbocycles. The van der Waals surface area contributed by atoms with Gasteiger partial charge in [-0.05, 0) is 25.5 Å². The molecule has 4 heterocycles. The van der Waals surface area contributed by atoms with Crippen LogP contribution in [0, 0.1) is 20.9 Å². The van der Waals surface area contributed by atoms with E-state index < -0.39 is 0 Å². The van der Waals surface area contributed by atoms with E-state index in [4.69, 9.17) is 0 Å². The lowest BCUT2D eigenvalue weighted by atomic mass is 9.59. The van der Waals surface area contributed by atoms with E-state index in [1.165, 1.54) is 9.80 Å². The number of nitrogens with zero attached hydrogens (tertiary/aromatic N) is 1. The zero-order chi connectivity index (χ0) is 17.1. The molecule has 6 heteroatoms. The van der Waals surface area contributed by atoms with Gasteiger partial charge in [0.25, 0.3) is 5.69 Å². The van der Waals surface area contributed by atoms with Crippen molar-refractivity contribution in [1.82, 2.24) is 0 Å². The molecule has 2 unspecified atom stereocenters. The summed E-state index contributed by atoms with van der Waals surface area (Å²) in [7, 11) is 0. The van der Waals surface area contributed by atoms with Crippen LogP contribution in [0.3, 0.4) is 0 Å². The van der Waals surface area contributed by atoms with Crippen molar-refractivity contribution >= 4 is 11.5 Å². The molecule has 5 rings (SSSR count). The van der Waals surface area contributed by atoms with Gasteiger partial charge in [-0.2, -0.15) is 0 Å². The molecule has 2 N–H and O–H groups in total. The van der Waals surface area contributed by atoms with Crippen LogP contribution in [-0.2, 0) is 4.79 Å². The lowest BCUT2D eigenvalue weighted by Gasteiger charge is -2.59. The monoisotopic (exact) mass is 331 g/mol. The molecule has 4 saturated heterocycles. The molecule has 1 aromatic rings. The minimum Gasteiger partial charge on any atom is -0.297 e. The zero-order valence-electron chi connectivity index (χ0n) is 14.3. The number of nitro benzene ring substituents is 1. The number of Topliss-reactive ketones (excluding diaryl/α,β-unsaturated/α-hetero) is 1. The van der Waals surface area contributed by atoms with Crippen molar-refractivity contribution in [3.8, 4) is 0 Å². The number of hydrogen-bond acceptors (Lipinski definition) is 3. The number of benzene rings is 1. The van der Waals surface area contributed by atoms with Gasteiger partial charge in [0, 0.05) is 12.1 Å². The predicted molar refractivity (Wildman–Crippen MR) is 87.7 cm³/mol. The van der Waals surface area contributed by atoms with Gasteiger partial charge in [0.05, 0.1) is 23.6 Å². The molecule has 2 atom stereocenters. The highest BCUT2D eigenvalue weighted by Crippen LogP contribution is 2.39. The molecule has 0 spiro atoms. The van der Waals surface area contributed by atoms with Crippen molar-refractivity contribution in [2.45, 2.75) is 32.9 Å². The Morgan fingerprint density at radius 3 is 2.25 bits per heavy atom. The summed E-state index contributed by atoms with van der Waals surface area (Å²) in [5.74, 6) is 0.492. The second-order valence-corrected chi connectivity index (χ2v) is 8.23. The largest absolute Gasteiger partial charge is 0.297 e. The van der Waals surface area contributed by atoms with E-state index in [2.05, 4.69) is 13.8 Å². The van der Waals surface area contributed by atoms with Crippen molar-refractivity contribution < 1.29 is 19.5 Å². The van der Waals surface area contributed by atoms with Crippen LogP contribution in [0.1, 0.15) is 38.4 Å². The number of piperidine rings is 2. The molecule has 1 aromatic carbocycles. The summed E-state index contributed by atoms with van der Waals surface area (Å²) in [6.07, 6.45) is 2.34. The van der Waals surface area contributed by atoms with Crippen LogP contribution in [0.25, 0.3) is 0 Å². The van der Waals surface area contributed by atoms with Crippen molar-refractivity contribution in [3.05, 3.63) is 39.9 Å². The smallest absolute Gasteiger partial charge is 0.269 e. The Kier molecular flexibility index (Phi) is 3.34. The highest BCUT2D eigenvalue weighted by Gasteiger charge is 2.69. The summed E-state index contributed by atoms with van der Waals surface area (Å²) >= 11 is 0. The summed E-state index contributed by atoms with van der Waals surface area (Å²) in [5.41, 5.74) is 0.949. The number of ketones is 1. The quantitative estimate of drug-likeness (QED) is 0.591. The van der Waals surface area contributed by atoms with E-state index in [0.717, 1.165) is 44.6 Å². The van der Waals surface area contributed by atoms with Crippen LogP contribution in [0.5, 0.6) is 0 Å². The van der Waals surface area contributed by atoms with Crippen LogP contribution in [-0.4, -0.2) is 36.9 Å². The van der Waals surface area contributed by atoms with E-state index in [1.807, 2.05) is 12.1 Å². The summed E-state index contributed by atoms with van der Waals surface area (Å²) < 4.78 is 0. The number of nitrogens with one attached hydrogen (secondary N) is 2. The summed E-state index contributed by atoms with van der Waals surface area (Å²) in [6, 6.07) is 7.02. The van der Waals surface area contributed by atoms with Crippen molar-refractivity contribution in [2.24, 2.45) is 10.8 Å². The SMILES string of the molecule is CCCC12C[NH+]3CC(C)(C[NH+](C1)C3c1ccc([N+](=O)[O-])cc1)C2=O. The van der Waals surface area contributed by atoms with Crippen LogP contribution >= 0.6 is 0 Å². The number of carbonyl (C=O) groups is 1. The fraction of sp³-hybridized carbons (Fsp3) is 0.611. The predicted octanol–water partition coefficient (Wildman–Crippen LogP) is -0.234. The Balaban J connectivity index is 1.68. The summed E-state index contributed by atoms with van der Waals surface area (Å²) in [6.45, 7) is 7.92. The molecule has 4 bridgehead atoms. The summed E-state index contributed by atoms with van der Waals surface area (Å²) in [5, 5.41) is 10.9. The second kappa shape index (κ2) is 5.10.